The van der Waals surface area contributed by atoms with Crippen molar-refractivity contribution in [1.29, 1.82) is 0 Å². The zero-order valence-corrected chi connectivity index (χ0v) is 15.2. The summed E-state index contributed by atoms with van der Waals surface area (Å²) in [6.45, 7) is 1.97. The molecule has 8 nitrogen and oxygen atoms in total. The van der Waals surface area contributed by atoms with Crippen molar-refractivity contribution in [3.8, 4) is 10.8 Å². The first kappa shape index (κ1) is 17.1. The molecule has 3 aromatic heterocycles. The lowest BCUT2D eigenvalue weighted by atomic mass is 10.2. The van der Waals surface area contributed by atoms with Crippen LogP contribution in [0.25, 0.3) is 21.7 Å². The Labute approximate surface area is 157 Å². The number of anilines is 1. The minimum absolute atomic E-state index is 0.137. The van der Waals surface area contributed by atoms with E-state index in [4.69, 9.17) is 4.52 Å². The number of nitrogens with one attached hydrogen (secondary N) is 1. The number of carbonyl (C=O) groups is 1. The van der Waals surface area contributed by atoms with Crippen molar-refractivity contribution >= 4 is 33.8 Å². The third kappa shape index (κ3) is 3.49. The van der Waals surface area contributed by atoms with Crippen LogP contribution in [0, 0.1) is 6.92 Å². The maximum atomic E-state index is 12.5. The van der Waals surface area contributed by atoms with Crippen LogP contribution in [0.4, 0.5) is 5.69 Å². The second-order valence-electron chi connectivity index (χ2n) is 5.87. The molecule has 3 heterocycles. The summed E-state index contributed by atoms with van der Waals surface area (Å²) in [5, 5.41) is 8.97. The molecule has 0 spiro atoms. The molecule has 4 rings (SSSR count). The Morgan fingerprint density at radius 3 is 2.96 bits per heavy atom. The molecule has 0 unspecified atom stereocenters. The molecule has 0 aliphatic heterocycles. The molecule has 0 fully saturated rings. The second-order valence-corrected chi connectivity index (χ2v) is 6.78. The largest absolute Gasteiger partial charge is 0.333 e. The number of fused-ring (bicyclic) bond motifs is 1. The van der Waals surface area contributed by atoms with Crippen LogP contribution < -0.4 is 10.9 Å². The van der Waals surface area contributed by atoms with Gasteiger partial charge in [-0.05, 0) is 30.5 Å². The first-order chi connectivity index (χ1) is 13.1. The van der Waals surface area contributed by atoms with Crippen LogP contribution >= 0.6 is 11.3 Å². The molecular weight excluding hydrogens is 366 g/mol. The van der Waals surface area contributed by atoms with Gasteiger partial charge in [0.15, 0.2) is 5.82 Å². The van der Waals surface area contributed by atoms with E-state index >= 15 is 0 Å². The fraction of sp³-hybridized carbons (Fsp3) is 0.167. The van der Waals surface area contributed by atoms with Crippen LogP contribution in [0.3, 0.4) is 0 Å². The molecule has 4 aromatic rings. The highest BCUT2D eigenvalue weighted by Crippen LogP contribution is 2.32. The number of aromatic nitrogens is 4. The number of hydrogen-bond donors (Lipinski definition) is 1. The minimum atomic E-state index is -0.217. The topological polar surface area (TPSA) is 103 Å². The molecule has 1 aromatic carbocycles. The van der Waals surface area contributed by atoms with E-state index in [1.165, 1.54) is 22.2 Å². The Kier molecular flexibility index (Phi) is 4.51. The third-order valence-corrected chi connectivity index (χ3v) is 4.87. The molecule has 136 valence electrons. The van der Waals surface area contributed by atoms with Gasteiger partial charge in [0.2, 0.25) is 5.91 Å². The van der Waals surface area contributed by atoms with E-state index in [-0.39, 0.29) is 24.4 Å². The lowest BCUT2D eigenvalue weighted by molar-refractivity contribution is -0.116. The maximum Gasteiger partial charge on any atom is 0.270 e. The first-order valence-corrected chi connectivity index (χ1v) is 9.12. The second kappa shape index (κ2) is 7.12. The van der Waals surface area contributed by atoms with Crippen LogP contribution in [-0.4, -0.2) is 25.6 Å². The third-order valence-electron chi connectivity index (χ3n) is 3.97. The van der Waals surface area contributed by atoms with Gasteiger partial charge in [0.1, 0.15) is 4.88 Å². The van der Waals surface area contributed by atoms with Gasteiger partial charge in [0.25, 0.3) is 11.4 Å². The standard InChI is InChI=1S/C18H15N5O3S/c1-11-20-17(26-22-11)16-14(7-9-27-16)21-15(24)6-8-23-10-19-13-5-3-2-4-12(13)18(23)25/h2-5,7,9-10H,6,8H2,1H3,(H,21,24). The number of benzene rings is 1. The molecule has 0 aliphatic carbocycles. The highest BCUT2D eigenvalue weighted by molar-refractivity contribution is 7.14. The maximum absolute atomic E-state index is 12.5. The SMILES string of the molecule is Cc1noc(-c2sccc2NC(=O)CCn2cnc3ccccc3c2=O)n1. The van der Waals surface area contributed by atoms with E-state index in [1.54, 1.807) is 31.2 Å². The highest BCUT2D eigenvalue weighted by Gasteiger charge is 2.15. The predicted molar refractivity (Wildman–Crippen MR) is 102 cm³/mol. The number of para-hydroxylation sites is 1. The minimum Gasteiger partial charge on any atom is -0.333 e. The van der Waals surface area contributed by atoms with Gasteiger partial charge in [0.05, 0.1) is 22.9 Å². The number of thiophene rings is 1. The normalized spacial score (nSPS) is 11.0. The van der Waals surface area contributed by atoms with Gasteiger partial charge in [-0.1, -0.05) is 17.3 Å². The smallest absolute Gasteiger partial charge is 0.270 e. The molecule has 0 aliphatic rings. The van der Waals surface area contributed by atoms with Gasteiger partial charge in [-0.2, -0.15) is 4.98 Å². The fourth-order valence-electron chi connectivity index (χ4n) is 2.66. The Morgan fingerprint density at radius 2 is 2.15 bits per heavy atom. The number of carbonyl (C=O) groups excluding carboxylic acids is 1. The lowest BCUT2D eigenvalue weighted by Gasteiger charge is -2.07. The predicted octanol–water partition coefficient (Wildman–Crippen LogP) is 2.85. The summed E-state index contributed by atoms with van der Waals surface area (Å²) in [5.41, 5.74) is 1.09. The summed E-state index contributed by atoms with van der Waals surface area (Å²) in [6.07, 6.45) is 1.60. The van der Waals surface area contributed by atoms with Gasteiger partial charge in [-0.15, -0.1) is 11.3 Å². The Balaban J connectivity index is 1.46. The molecule has 27 heavy (non-hydrogen) atoms. The molecule has 9 heteroatoms. The number of rotatable bonds is 5. The van der Waals surface area contributed by atoms with Gasteiger partial charge >= 0.3 is 0 Å². The van der Waals surface area contributed by atoms with Crippen LogP contribution in [0.15, 0.2) is 51.4 Å². The van der Waals surface area contributed by atoms with Gasteiger partial charge in [-0.3, -0.25) is 14.2 Å². The van der Waals surface area contributed by atoms with E-state index in [1.807, 2.05) is 11.4 Å². The van der Waals surface area contributed by atoms with Crippen molar-refractivity contribution in [1.82, 2.24) is 19.7 Å². The quantitative estimate of drug-likeness (QED) is 0.570. The molecular formula is C18H15N5O3S. The van der Waals surface area contributed by atoms with Crippen molar-refractivity contribution in [2.24, 2.45) is 0 Å². The van der Waals surface area contributed by atoms with Gasteiger partial charge < -0.3 is 9.84 Å². The van der Waals surface area contributed by atoms with Crippen molar-refractivity contribution in [2.75, 3.05) is 5.32 Å². The average Bonchev–Trinajstić information content (AvgIpc) is 3.30. The summed E-state index contributed by atoms with van der Waals surface area (Å²) in [6, 6.07) is 8.91. The summed E-state index contributed by atoms with van der Waals surface area (Å²) < 4.78 is 6.60. The van der Waals surface area contributed by atoms with Gasteiger partial charge in [0, 0.05) is 13.0 Å². The van der Waals surface area contributed by atoms with E-state index in [2.05, 4.69) is 20.4 Å². The monoisotopic (exact) mass is 381 g/mol. The summed E-state index contributed by atoms with van der Waals surface area (Å²) in [5.74, 6) is 0.678. The van der Waals surface area contributed by atoms with Crippen LogP contribution in [0.5, 0.6) is 0 Å². The molecule has 0 radical (unpaired) electrons. The van der Waals surface area contributed by atoms with E-state index in [0.29, 0.717) is 33.2 Å². The fourth-order valence-corrected chi connectivity index (χ4v) is 3.43. The molecule has 0 atom stereocenters. The molecule has 0 bridgehead atoms. The summed E-state index contributed by atoms with van der Waals surface area (Å²) >= 11 is 1.40. The number of aryl methyl sites for hydroxylation is 2. The number of nitrogens with zero attached hydrogens (tertiary/aromatic N) is 4. The van der Waals surface area contributed by atoms with E-state index in [9.17, 15) is 9.59 Å². The number of amides is 1. The number of hydrogen-bond acceptors (Lipinski definition) is 7. The van der Waals surface area contributed by atoms with Crippen molar-refractivity contribution < 1.29 is 9.32 Å². The Hall–Kier alpha value is -3.33. The Morgan fingerprint density at radius 1 is 1.30 bits per heavy atom. The summed E-state index contributed by atoms with van der Waals surface area (Å²) in [7, 11) is 0. The Bertz CT molecular complexity index is 1180. The summed E-state index contributed by atoms with van der Waals surface area (Å²) in [4.78, 5) is 33.9. The van der Waals surface area contributed by atoms with Crippen LogP contribution in [0.2, 0.25) is 0 Å². The average molecular weight is 381 g/mol. The molecule has 1 amide bonds. The van der Waals surface area contributed by atoms with Crippen molar-refractivity contribution in [3.05, 3.63) is 58.2 Å². The molecule has 0 saturated carbocycles. The molecule has 1 N–H and O–H groups in total. The zero-order valence-electron chi connectivity index (χ0n) is 14.4. The highest BCUT2D eigenvalue weighted by atomic mass is 32.1. The van der Waals surface area contributed by atoms with Crippen molar-refractivity contribution in [3.63, 3.8) is 0 Å². The van der Waals surface area contributed by atoms with Crippen LogP contribution in [-0.2, 0) is 11.3 Å². The van der Waals surface area contributed by atoms with Crippen LogP contribution in [0.1, 0.15) is 12.2 Å². The van der Waals surface area contributed by atoms with Crippen molar-refractivity contribution in [2.45, 2.75) is 19.9 Å². The molecule has 0 saturated heterocycles. The lowest BCUT2D eigenvalue weighted by Crippen LogP contribution is -2.23. The van der Waals surface area contributed by atoms with Gasteiger partial charge in [-0.25, -0.2) is 4.98 Å². The van der Waals surface area contributed by atoms with E-state index < -0.39 is 0 Å². The zero-order chi connectivity index (χ0) is 18.8. The van der Waals surface area contributed by atoms with E-state index in [0.717, 1.165) is 0 Å². The first-order valence-electron chi connectivity index (χ1n) is 8.24.